The van der Waals surface area contributed by atoms with Gasteiger partial charge >= 0.3 is 0 Å². The number of hydrogen-bond acceptors (Lipinski definition) is 5. The summed E-state index contributed by atoms with van der Waals surface area (Å²) in [6.07, 6.45) is 3.95. The van der Waals surface area contributed by atoms with Gasteiger partial charge in [-0.3, -0.25) is 14.4 Å². The number of fused-ring (bicyclic) bond motifs is 1. The molecule has 2 aliphatic heterocycles. The van der Waals surface area contributed by atoms with E-state index in [1.54, 1.807) is 0 Å². The van der Waals surface area contributed by atoms with Crippen molar-refractivity contribution in [2.75, 3.05) is 0 Å². The Kier molecular flexibility index (Phi) is 5.03. The molecular formula is C18H29N3O5S. The van der Waals surface area contributed by atoms with Crippen LogP contribution in [0.1, 0.15) is 59.8 Å². The van der Waals surface area contributed by atoms with Crippen molar-refractivity contribution in [3.63, 3.8) is 0 Å². The summed E-state index contributed by atoms with van der Waals surface area (Å²) in [6.45, 7) is 6.60. The molecule has 27 heavy (non-hydrogen) atoms. The second-order valence-electron chi connectivity index (χ2n) is 8.73. The molecule has 0 spiro atoms. The Morgan fingerprint density at radius 1 is 1.19 bits per heavy atom. The first kappa shape index (κ1) is 20.1. The summed E-state index contributed by atoms with van der Waals surface area (Å²) in [4.78, 5) is 38.8. The Morgan fingerprint density at radius 2 is 1.78 bits per heavy atom. The molecule has 3 atom stereocenters. The average molecular weight is 400 g/mol. The molecule has 2 heterocycles. The second-order valence-corrected chi connectivity index (χ2v) is 11.4. The third kappa shape index (κ3) is 3.13. The fourth-order valence-electron chi connectivity index (χ4n) is 4.38. The predicted molar refractivity (Wildman–Crippen MR) is 99.2 cm³/mol. The SMILES string of the molecule is CC(C)C(NC(=O)C1N2C(=O)CC2S(=O)(=O)C1(C)C)C(=O)NC1CCCC1. The lowest BCUT2D eigenvalue weighted by molar-refractivity contribution is -0.150. The van der Waals surface area contributed by atoms with Crippen molar-refractivity contribution >= 4 is 27.6 Å². The van der Waals surface area contributed by atoms with Crippen molar-refractivity contribution in [3.05, 3.63) is 0 Å². The third-order valence-corrected chi connectivity index (χ3v) is 8.97. The Morgan fingerprint density at radius 3 is 2.30 bits per heavy atom. The molecule has 2 N–H and O–H groups in total. The Hall–Kier alpha value is -1.64. The highest BCUT2D eigenvalue weighted by Crippen LogP contribution is 2.45. The molecule has 0 aromatic heterocycles. The molecule has 8 nitrogen and oxygen atoms in total. The van der Waals surface area contributed by atoms with Gasteiger partial charge in [-0.05, 0) is 32.6 Å². The van der Waals surface area contributed by atoms with Crippen molar-refractivity contribution < 1.29 is 22.8 Å². The number of sulfone groups is 1. The number of carbonyl (C=O) groups is 3. The van der Waals surface area contributed by atoms with E-state index in [1.165, 1.54) is 13.8 Å². The van der Waals surface area contributed by atoms with Crippen LogP contribution in [0.3, 0.4) is 0 Å². The van der Waals surface area contributed by atoms with Crippen LogP contribution in [0.2, 0.25) is 0 Å². The first-order chi connectivity index (χ1) is 12.5. The van der Waals surface area contributed by atoms with Crippen molar-refractivity contribution in [1.29, 1.82) is 0 Å². The molecule has 3 unspecified atom stereocenters. The van der Waals surface area contributed by atoms with Crippen molar-refractivity contribution in [1.82, 2.24) is 15.5 Å². The summed E-state index contributed by atoms with van der Waals surface area (Å²) in [5, 5.41) is 4.78. The van der Waals surface area contributed by atoms with Gasteiger partial charge in [0.15, 0.2) is 9.84 Å². The smallest absolute Gasteiger partial charge is 0.245 e. The summed E-state index contributed by atoms with van der Waals surface area (Å²) in [5.41, 5.74) is 0. The molecule has 2 saturated heterocycles. The molecule has 0 bridgehead atoms. The van der Waals surface area contributed by atoms with Gasteiger partial charge in [-0.2, -0.15) is 0 Å². The van der Waals surface area contributed by atoms with Crippen molar-refractivity contribution in [2.45, 2.75) is 88.0 Å². The maximum atomic E-state index is 13.0. The van der Waals surface area contributed by atoms with Gasteiger partial charge < -0.3 is 15.5 Å². The highest BCUT2D eigenvalue weighted by molar-refractivity contribution is 7.93. The van der Waals surface area contributed by atoms with Crippen molar-refractivity contribution in [2.24, 2.45) is 5.92 Å². The first-order valence-electron chi connectivity index (χ1n) is 9.64. The van der Waals surface area contributed by atoms with E-state index in [1.807, 2.05) is 13.8 Å². The zero-order valence-corrected chi connectivity index (χ0v) is 17.1. The van der Waals surface area contributed by atoms with Crippen LogP contribution < -0.4 is 10.6 Å². The molecule has 0 radical (unpaired) electrons. The molecule has 3 aliphatic rings. The molecule has 152 valence electrons. The molecule has 1 saturated carbocycles. The summed E-state index contributed by atoms with van der Waals surface area (Å²) in [6, 6.07) is -1.76. The molecule has 3 fully saturated rings. The van der Waals surface area contributed by atoms with E-state index in [-0.39, 0.29) is 30.2 Å². The Bertz CT molecular complexity index is 755. The minimum absolute atomic E-state index is 0.0781. The van der Waals surface area contributed by atoms with Gasteiger partial charge in [-0.25, -0.2) is 8.42 Å². The Labute approximate surface area is 160 Å². The Balaban J connectivity index is 1.77. The van der Waals surface area contributed by atoms with Crippen LogP contribution in [-0.4, -0.2) is 59.3 Å². The van der Waals surface area contributed by atoms with E-state index >= 15 is 0 Å². The first-order valence-corrected chi connectivity index (χ1v) is 11.2. The molecular weight excluding hydrogens is 370 g/mol. The molecule has 0 aromatic carbocycles. The molecule has 1 aliphatic carbocycles. The minimum Gasteiger partial charge on any atom is -0.352 e. The maximum Gasteiger partial charge on any atom is 0.245 e. The van der Waals surface area contributed by atoms with Gasteiger partial charge in [0.05, 0.1) is 11.2 Å². The lowest BCUT2D eigenvalue weighted by Crippen LogP contribution is -2.62. The summed E-state index contributed by atoms with van der Waals surface area (Å²) >= 11 is 0. The van der Waals surface area contributed by atoms with E-state index in [0.29, 0.717) is 0 Å². The van der Waals surface area contributed by atoms with Gasteiger partial charge in [0.2, 0.25) is 17.7 Å². The van der Waals surface area contributed by atoms with Gasteiger partial charge in [0, 0.05) is 6.04 Å². The maximum absolute atomic E-state index is 13.0. The average Bonchev–Trinajstić information content (AvgIpc) is 3.10. The fraction of sp³-hybridized carbons (Fsp3) is 0.833. The standard InChI is InChI=1S/C18H29N3O5S/c1-10(2)14(16(23)19-11-7-5-6-8-11)20-17(24)15-18(3,4)27(25,26)13-9-12(22)21(13)15/h10-11,13-15H,5-9H2,1-4H3,(H,19,23)(H,20,24). The number of amides is 3. The van der Waals surface area contributed by atoms with Crippen molar-refractivity contribution in [3.8, 4) is 0 Å². The lowest BCUT2D eigenvalue weighted by Gasteiger charge is -2.37. The number of nitrogens with one attached hydrogen (secondary N) is 2. The van der Waals surface area contributed by atoms with E-state index in [2.05, 4.69) is 10.6 Å². The number of rotatable bonds is 5. The largest absolute Gasteiger partial charge is 0.352 e. The van der Waals surface area contributed by atoms with E-state index in [4.69, 9.17) is 0 Å². The molecule has 9 heteroatoms. The number of nitrogens with zero attached hydrogens (tertiary/aromatic N) is 1. The van der Waals surface area contributed by atoms with Crippen LogP contribution in [0.5, 0.6) is 0 Å². The highest BCUT2D eigenvalue weighted by atomic mass is 32.2. The molecule has 0 aromatic rings. The van der Waals surface area contributed by atoms with E-state index in [9.17, 15) is 22.8 Å². The second kappa shape index (κ2) is 6.76. The summed E-state index contributed by atoms with van der Waals surface area (Å²) < 4.78 is 23.9. The van der Waals surface area contributed by atoms with Crippen LogP contribution in [0.25, 0.3) is 0 Å². The summed E-state index contributed by atoms with van der Waals surface area (Å²) in [7, 11) is -3.64. The van der Waals surface area contributed by atoms with Crippen LogP contribution in [0.15, 0.2) is 0 Å². The number of hydrogen-bond donors (Lipinski definition) is 2. The monoisotopic (exact) mass is 399 g/mol. The number of β-lactam (4-membered cyclic amide) rings is 1. The fourth-order valence-corrected chi connectivity index (χ4v) is 6.52. The van der Waals surface area contributed by atoms with Gasteiger partial charge in [-0.1, -0.05) is 26.7 Å². The van der Waals surface area contributed by atoms with Crippen LogP contribution in [0.4, 0.5) is 0 Å². The lowest BCUT2D eigenvalue weighted by atomic mass is 9.95. The van der Waals surface area contributed by atoms with E-state index < -0.39 is 37.9 Å². The topological polar surface area (TPSA) is 113 Å². The normalized spacial score (nSPS) is 30.0. The molecule has 3 amide bonds. The van der Waals surface area contributed by atoms with E-state index in [0.717, 1.165) is 30.6 Å². The number of carbonyl (C=O) groups excluding carboxylic acids is 3. The highest BCUT2D eigenvalue weighted by Gasteiger charge is 2.67. The predicted octanol–water partition coefficient (Wildman–Crippen LogP) is 0.320. The van der Waals surface area contributed by atoms with Crippen LogP contribution in [-0.2, 0) is 24.2 Å². The summed E-state index contributed by atoms with van der Waals surface area (Å²) in [5.74, 6) is -1.35. The van der Waals surface area contributed by atoms with Gasteiger partial charge in [0.25, 0.3) is 0 Å². The third-order valence-electron chi connectivity index (χ3n) is 6.17. The van der Waals surface area contributed by atoms with Crippen LogP contribution in [0, 0.1) is 5.92 Å². The van der Waals surface area contributed by atoms with Crippen LogP contribution >= 0.6 is 0 Å². The minimum atomic E-state index is -3.64. The van der Waals surface area contributed by atoms with Gasteiger partial charge in [0.1, 0.15) is 17.5 Å². The molecule has 3 rings (SSSR count). The quantitative estimate of drug-likeness (QED) is 0.647. The zero-order chi connectivity index (χ0) is 20.1. The van der Waals surface area contributed by atoms with Gasteiger partial charge in [-0.15, -0.1) is 0 Å². The zero-order valence-electron chi connectivity index (χ0n) is 16.3.